The van der Waals surface area contributed by atoms with Gasteiger partial charge in [-0.05, 0) is 23.8 Å². The molecule has 2 aliphatic rings. The number of carbonyl (C=O) groups is 2. The molecule has 7 nitrogen and oxygen atoms in total. The van der Waals surface area contributed by atoms with Crippen LogP contribution in [0.5, 0.6) is 0 Å². The summed E-state index contributed by atoms with van der Waals surface area (Å²) in [4.78, 5) is 28.2. The molecule has 1 saturated heterocycles. The van der Waals surface area contributed by atoms with Crippen LogP contribution in [0.2, 0.25) is 0 Å². The summed E-state index contributed by atoms with van der Waals surface area (Å²) in [5, 5.41) is 20.0. The second-order valence-electron chi connectivity index (χ2n) is 7.69. The summed E-state index contributed by atoms with van der Waals surface area (Å²) in [5.74, 6) is -0.567. The highest BCUT2D eigenvalue weighted by Crippen LogP contribution is 2.47. The van der Waals surface area contributed by atoms with Crippen molar-refractivity contribution in [1.82, 2.24) is 9.80 Å². The van der Waals surface area contributed by atoms with Gasteiger partial charge in [-0.1, -0.05) is 38.1 Å². The van der Waals surface area contributed by atoms with Crippen molar-refractivity contribution in [1.29, 1.82) is 5.26 Å². The minimum atomic E-state index is -1.33. The molecule has 0 aromatic heterocycles. The number of carbonyl (C=O) groups excluding carboxylic acids is 2. The van der Waals surface area contributed by atoms with Crippen molar-refractivity contribution in [2.24, 2.45) is 0 Å². The number of allylic oxidation sites excluding steroid dienone is 5. The van der Waals surface area contributed by atoms with Crippen molar-refractivity contribution in [3.05, 3.63) is 64.9 Å². The Morgan fingerprint density at radius 2 is 1.83 bits per heavy atom. The molecule has 3 amide bonds. The summed E-state index contributed by atoms with van der Waals surface area (Å²) in [7, 11) is 4.71. The van der Waals surface area contributed by atoms with E-state index < -0.39 is 18.2 Å². The molecule has 29 heavy (non-hydrogen) atoms. The first-order valence-electron chi connectivity index (χ1n) is 9.22. The molecule has 1 N–H and O–H groups in total. The van der Waals surface area contributed by atoms with Crippen LogP contribution in [-0.4, -0.2) is 54.2 Å². The number of urea groups is 1. The van der Waals surface area contributed by atoms with Crippen LogP contribution >= 0.6 is 0 Å². The van der Waals surface area contributed by atoms with Crippen LogP contribution in [0.1, 0.15) is 19.4 Å². The maximum absolute atomic E-state index is 12.3. The minimum Gasteiger partial charge on any atom is -0.369 e. The van der Waals surface area contributed by atoms with Gasteiger partial charge in [0.15, 0.2) is 6.23 Å². The zero-order valence-electron chi connectivity index (χ0n) is 17.2. The molecule has 1 aromatic carbocycles. The predicted molar refractivity (Wildman–Crippen MR) is 110 cm³/mol. The fraction of sp³-hybridized carbons (Fsp3) is 0.318. The third-order valence-corrected chi connectivity index (χ3v) is 5.57. The van der Waals surface area contributed by atoms with Crippen molar-refractivity contribution in [2.45, 2.75) is 25.5 Å². The van der Waals surface area contributed by atoms with Crippen LogP contribution in [0.25, 0.3) is 0 Å². The maximum Gasteiger partial charge on any atom is 0.328 e. The van der Waals surface area contributed by atoms with Crippen molar-refractivity contribution in [3.8, 4) is 6.07 Å². The Morgan fingerprint density at radius 3 is 2.45 bits per heavy atom. The van der Waals surface area contributed by atoms with Gasteiger partial charge in [0.1, 0.15) is 6.07 Å². The highest BCUT2D eigenvalue weighted by molar-refractivity contribution is 6.07. The van der Waals surface area contributed by atoms with Crippen molar-refractivity contribution < 1.29 is 14.7 Å². The zero-order valence-corrected chi connectivity index (χ0v) is 17.2. The van der Waals surface area contributed by atoms with Crippen LogP contribution in [0.15, 0.2) is 59.3 Å². The second-order valence-corrected chi connectivity index (χ2v) is 7.69. The van der Waals surface area contributed by atoms with Crippen LogP contribution in [-0.2, 0) is 10.2 Å². The van der Waals surface area contributed by atoms with E-state index in [2.05, 4.69) is 26.0 Å². The number of amides is 3. The lowest BCUT2D eigenvalue weighted by atomic mass is 9.82. The molecular formula is C22H24N4O3. The van der Waals surface area contributed by atoms with E-state index in [-0.39, 0.29) is 11.0 Å². The highest BCUT2D eigenvalue weighted by atomic mass is 16.3. The topological polar surface area (TPSA) is 87.9 Å². The summed E-state index contributed by atoms with van der Waals surface area (Å²) in [6, 6.07) is 9.69. The Bertz CT molecular complexity index is 1010. The molecule has 2 heterocycles. The number of nitrogens with zero attached hydrogens (tertiary/aromatic N) is 4. The molecule has 7 heteroatoms. The summed E-state index contributed by atoms with van der Waals surface area (Å²) in [6.45, 7) is 4.14. The number of likely N-dealkylation sites (N-methyl/N-ethyl adjacent to an activating group) is 3. The van der Waals surface area contributed by atoms with Crippen LogP contribution in [0, 0.1) is 11.3 Å². The number of para-hydroxylation sites is 1. The van der Waals surface area contributed by atoms with Gasteiger partial charge in [0.25, 0.3) is 5.91 Å². The van der Waals surface area contributed by atoms with Gasteiger partial charge in [0, 0.05) is 37.9 Å². The number of nitriles is 1. The smallest absolute Gasteiger partial charge is 0.328 e. The van der Waals surface area contributed by atoms with Gasteiger partial charge in [-0.15, -0.1) is 0 Å². The van der Waals surface area contributed by atoms with E-state index in [9.17, 15) is 20.0 Å². The standard InChI is InChI=1S/C22H24N4O3/c1-22(2)16-11-6-7-12-17(16)24(3)18(22)14(13-23)9-8-10-15-19(27)25(4)21(29)26(5)20(15)28/h6-12,19,27H,1-5H3. The molecule has 1 unspecified atom stereocenters. The molecule has 1 aromatic rings. The lowest BCUT2D eigenvalue weighted by Crippen LogP contribution is -2.55. The number of fused-ring (bicyclic) bond motifs is 1. The van der Waals surface area contributed by atoms with E-state index in [0.29, 0.717) is 5.57 Å². The molecule has 0 spiro atoms. The Morgan fingerprint density at radius 1 is 1.17 bits per heavy atom. The van der Waals surface area contributed by atoms with Gasteiger partial charge < -0.3 is 10.0 Å². The molecule has 0 radical (unpaired) electrons. The van der Waals surface area contributed by atoms with E-state index in [1.165, 1.54) is 20.2 Å². The quantitative estimate of drug-likeness (QED) is 0.617. The average Bonchev–Trinajstić information content (AvgIpc) is 2.91. The Kier molecular flexibility index (Phi) is 5.07. The first kappa shape index (κ1) is 20.4. The van der Waals surface area contributed by atoms with Crippen LogP contribution in [0.3, 0.4) is 0 Å². The number of rotatable bonds is 2. The van der Waals surface area contributed by atoms with Gasteiger partial charge in [-0.2, -0.15) is 5.26 Å². The number of hydrogen-bond acceptors (Lipinski definition) is 5. The summed E-state index contributed by atoms with van der Waals surface area (Å²) < 4.78 is 0. The van der Waals surface area contributed by atoms with Gasteiger partial charge in [-0.25, -0.2) is 4.79 Å². The monoisotopic (exact) mass is 392 g/mol. The number of anilines is 1. The van der Waals surface area contributed by atoms with E-state index in [0.717, 1.165) is 26.7 Å². The SMILES string of the molecule is CN1C(=O)C(=CC=CC(C#N)=C2N(C)c3ccccc3C2(C)C)C(O)N(C)C1=O. The predicted octanol–water partition coefficient (Wildman–Crippen LogP) is 2.52. The molecule has 0 bridgehead atoms. The first-order chi connectivity index (χ1) is 13.6. The van der Waals surface area contributed by atoms with Crippen molar-refractivity contribution in [2.75, 3.05) is 26.0 Å². The molecule has 1 atom stereocenters. The Balaban J connectivity index is 2.00. The van der Waals surface area contributed by atoms with E-state index >= 15 is 0 Å². The van der Waals surface area contributed by atoms with Gasteiger partial charge in [-0.3, -0.25) is 14.6 Å². The normalized spacial score (nSPS) is 24.4. The van der Waals surface area contributed by atoms with Crippen LogP contribution < -0.4 is 4.90 Å². The summed E-state index contributed by atoms with van der Waals surface area (Å²) >= 11 is 0. The number of aliphatic hydroxyl groups excluding tert-OH is 1. The van der Waals surface area contributed by atoms with Crippen molar-refractivity contribution >= 4 is 17.6 Å². The first-order valence-corrected chi connectivity index (χ1v) is 9.22. The number of aliphatic hydroxyl groups is 1. The Labute approximate surface area is 170 Å². The van der Waals surface area contributed by atoms with Gasteiger partial charge in [0.2, 0.25) is 0 Å². The molecule has 3 rings (SSSR count). The summed E-state index contributed by atoms with van der Waals surface area (Å²) in [6.07, 6.45) is 3.30. The van der Waals surface area contributed by atoms with E-state index in [1.807, 2.05) is 30.1 Å². The average molecular weight is 392 g/mol. The number of benzene rings is 1. The Hall–Kier alpha value is -3.37. The fourth-order valence-corrected chi connectivity index (χ4v) is 3.99. The maximum atomic E-state index is 12.3. The van der Waals surface area contributed by atoms with Gasteiger partial charge >= 0.3 is 6.03 Å². The molecule has 1 fully saturated rings. The van der Waals surface area contributed by atoms with E-state index in [1.54, 1.807) is 12.2 Å². The van der Waals surface area contributed by atoms with Gasteiger partial charge in [0.05, 0.1) is 11.1 Å². The molecular weight excluding hydrogens is 368 g/mol. The van der Waals surface area contributed by atoms with Crippen molar-refractivity contribution in [3.63, 3.8) is 0 Å². The summed E-state index contributed by atoms with van der Waals surface area (Å²) in [5.41, 5.74) is 3.21. The lowest BCUT2D eigenvalue weighted by molar-refractivity contribution is -0.128. The van der Waals surface area contributed by atoms with E-state index in [4.69, 9.17) is 0 Å². The molecule has 0 saturated carbocycles. The largest absolute Gasteiger partial charge is 0.369 e. The highest BCUT2D eigenvalue weighted by Gasteiger charge is 2.40. The third-order valence-electron chi connectivity index (χ3n) is 5.57. The molecule has 0 aliphatic carbocycles. The second kappa shape index (κ2) is 7.22. The number of imide groups is 1. The fourth-order valence-electron chi connectivity index (χ4n) is 3.99. The lowest BCUT2D eigenvalue weighted by Gasteiger charge is -2.34. The molecule has 150 valence electrons. The zero-order chi connectivity index (χ0) is 21.5. The molecule has 2 aliphatic heterocycles. The number of hydrogen-bond donors (Lipinski definition) is 1. The minimum absolute atomic E-state index is 0.0652. The van der Waals surface area contributed by atoms with Crippen LogP contribution in [0.4, 0.5) is 10.5 Å². The third kappa shape index (κ3) is 3.12.